The lowest BCUT2D eigenvalue weighted by molar-refractivity contribution is -0.120. The number of nitrogens with one attached hydrogen (secondary N) is 2. The van der Waals surface area contributed by atoms with Crippen LogP contribution in [-0.4, -0.2) is 36.6 Å². The lowest BCUT2D eigenvalue weighted by atomic mass is 10.4. The second-order valence-electron chi connectivity index (χ2n) is 3.79. The van der Waals surface area contributed by atoms with Gasteiger partial charge < -0.3 is 19.8 Å². The van der Waals surface area contributed by atoms with E-state index in [1.165, 1.54) is 6.26 Å². The molecule has 0 saturated carbocycles. The zero-order valence-electron chi connectivity index (χ0n) is 11.2. The molecule has 1 rings (SSSR count). The molecule has 0 fully saturated rings. The Bertz CT molecular complexity index is 417. The van der Waals surface area contributed by atoms with E-state index >= 15 is 0 Å². The summed E-state index contributed by atoms with van der Waals surface area (Å²) in [7, 11) is 0. The van der Waals surface area contributed by atoms with Crippen LogP contribution < -0.4 is 10.6 Å². The Balaban J connectivity index is 2.30. The molecule has 0 aliphatic heterocycles. The molecule has 0 aromatic carbocycles. The molecule has 0 saturated heterocycles. The number of hydrogen-bond donors (Lipinski definition) is 2. The van der Waals surface area contributed by atoms with Crippen LogP contribution in [0.4, 0.5) is 6.01 Å². The van der Waals surface area contributed by atoms with E-state index in [0.29, 0.717) is 19.5 Å². The van der Waals surface area contributed by atoms with Crippen molar-refractivity contribution in [3.63, 3.8) is 0 Å². The first-order valence-corrected chi connectivity index (χ1v) is 6.30. The van der Waals surface area contributed by atoms with Gasteiger partial charge in [0.1, 0.15) is 6.26 Å². The van der Waals surface area contributed by atoms with Gasteiger partial charge >= 0.3 is 5.97 Å². The Hall–Kier alpha value is -2.05. The highest BCUT2D eigenvalue weighted by Crippen LogP contribution is 2.08. The number of carbonyl (C=O) groups excluding carboxylic acids is 2. The molecular weight excluding hydrogens is 250 g/mol. The smallest absolute Gasteiger partial charge is 0.360 e. The van der Waals surface area contributed by atoms with E-state index in [2.05, 4.69) is 15.6 Å². The van der Waals surface area contributed by atoms with Gasteiger partial charge in [-0.3, -0.25) is 4.79 Å². The predicted octanol–water partition coefficient (Wildman–Crippen LogP) is 1.18. The summed E-state index contributed by atoms with van der Waals surface area (Å²) in [6.45, 7) is 5.05. The number of aromatic nitrogens is 1. The van der Waals surface area contributed by atoms with E-state index < -0.39 is 5.97 Å². The maximum Gasteiger partial charge on any atom is 0.360 e. The van der Waals surface area contributed by atoms with Crippen molar-refractivity contribution >= 4 is 17.9 Å². The van der Waals surface area contributed by atoms with Crippen molar-refractivity contribution in [2.75, 3.05) is 25.0 Å². The van der Waals surface area contributed by atoms with Gasteiger partial charge in [-0.1, -0.05) is 6.92 Å². The van der Waals surface area contributed by atoms with Gasteiger partial charge in [-0.25, -0.2) is 4.79 Å². The van der Waals surface area contributed by atoms with Crippen LogP contribution in [0.1, 0.15) is 37.2 Å². The van der Waals surface area contributed by atoms with E-state index in [0.717, 1.165) is 6.42 Å². The Morgan fingerprint density at radius 1 is 1.37 bits per heavy atom. The quantitative estimate of drug-likeness (QED) is 0.688. The zero-order chi connectivity index (χ0) is 14.1. The van der Waals surface area contributed by atoms with E-state index in [4.69, 9.17) is 9.15 Å². The molecule has 0 unspecified atom stereocenters. The maximum atomic E-state index is 11.3. The van der Waals surface area contributed by atoms with Gasteiger partial charge in [-0.05, 0) is 13.3 Å². The Kier molecular flexibility index (Phi) is 6.42. The third-order valence-electron chi connectivity index (χ3n) is 2.19. The van der Waals surface area contributed by atoms with Crippen molar-refractivity contribution in [3.05, 3.63) is 12.0 Å². The molecule has 7 nitrogen and oxygen atoms in total. The fraction of sp³-hybridized carbons (Fsp3) is 0.583. The number of amides is 1. The zero-order valence-corrected chi connectivity index (χ0v) is 11.2. The van der Waals surface area contributed by atoms with Crippen LogP contribution in [0.2, 0.25) is 0 Å². The van der Waals surface area contributed by atoms with Gasteiger partial charge in [0.05, 0.1) is 6.61 Å². The van der Waals surface area contributed by atoms with E-state index in [9.17, 15) is 9.59 Å². The second-order valence-corrected chi connectivity index (χ2v) is 3.79. The number of oxazole rings is 1. The summed E-state index contributed by atoms with van der Waals surface area (Å²) in [4.78, 5) is 26.5. The molecule has 1 amide bonds. The van der Waals surface area contributed by atoms with Crippen LogP contribution in [0, 0.1) is 0 Å². The van der Waals surface area contributed by atoms with Crippen molar-refractivity contribution in [2.24, 2.45) is 0 Å². The monoisotopic (exact) mass is 269 g/mol. The van der Waals surface area contributed by atoms with Crippen LogP contribution in [-0.2, 0) is 9.53 Å². The third-order valence-corrected chi connectivity index (χ3v) is 2.19. The highest BCUT2D eigenvalue weighted by Gasteiger charge is 2.12. The van der Waals surface area contributed by atoms with Crippen molar-refractivity contribution < 1.29 is 18.7 Å². The second kappa shape index (κ2) is 8.12. The highest BCUT2D eigenvalue weighted by atomic mass is 16.5. The summed E-state index contributed by atoms with van der Waals surface area (Å²) in [5.74, 6) is -0.563. The standard InChI is InChI=1S/C12H19N3O4/c1-3-6-13-10(16)5-7-14-12-15-9(8-19-12)11(17)18-4-2/h8H,3-7H2,1-2H3,(H,13,16)(H,14,15). The molecule has 0 atom stereocenters. The number of hydrogen-bond acceptors (Lipinski definition) is 6. The van der Waals surface area contributed by atoms with Gasteiger partial charge in [0, 0.05) is 19.5 Å². The number of esters is 1. The molecule has 0 bridgehead atoms. The topological polar surface area (TPSA) is 93.5 Å². The van der Waals surface area contributed by atoms with Crippen LogP contribution in [0.15, 0.2) is 10.7 Å². The number of rotatable bonds is 8. The maximum absolute atomic E-state index is 11.3. The lowest BCUT2D eigenvalue weighted by Crippen LogP contribution is -2.25. The Morgan fingerprint density at radius 2 is 2.16 bits per heavy atom. The van der Waals surface area contributed by atoms with Crippen molar-refractivity contribution in [2.45, 2.75) is 26.7 Å². The Labute approximate surface area is 111 Å². The minimum absolute atomic E-state index is 0.0356. The van der Waals surface area contributed by atoms with Crippen molar-refractivity contribution in [1.82, 2.24) is 10.3 Å². The number of carbonyl (C=O) groups is 2. The normalized spacial score (nSPS) is 10.0. The molecule has 1 aromatic rings. The van der Waals surface area contributed by atoms with Crippen LogP contribution >= 0.6 is 0 Å². The first kappa shape index (κ1) is 15.0. The molecule has 0 radical (unpaired) electrons. The van der Waals surface area contributed by atoms with E-state index in [-0.39, 0.29) is 24.2 Å². The summed E-state index contributed by atoms with van der Waals surface area (Å²) in [5, 5.41) is 5.58. The predicted molar refractivity (Wildman–Crippen MR) is 68.9 cm³/mol. The molecule has 0 aliphatic carbocycles. The Morgan fingerprint density at radius 3 is 2.84 bits per heavy atom. The fourth-order valence-electron chi connectivity index (χ4n) is 1.29. The molecule has 1 aromatic heterocycles. The largest absolute Gasteiger partial charge is 0.461 e. The van der Waals surface area contributed by atoms with Gasteiger partial charge in [0.2, 0.25) is 5.91 Å². The number of nitrogens with zero attached hydrogens (tertiary/aromatic N) is 1. The molecular formula is C12H19N3O4. The molecule has 0 aliphatic rings. The summed E-state index contributed by atoms with van der Waals surface area (Å²) in [5.41, 5.74) is 0.111. The SMILES string of the molecule is CCCNC(=O)CCNc1nc(C(=O)OCC)co1. The summed E-state index contributed by atoms with van der Waals surface area (Å²) < 4.78 is 9.82. The fourth-order valence-corrected chi connectivity index (χ4v) is 1.29. The van der Waals surface area contributed by atoms with Gasteiger partial charge in [0.15, 0.2) is 5.69 Å². The molecule has 106 valence electrons. The van der Waals surface area contributed by atoms with Crippen LogP contribution in [0.3, 0.4) is 0 Å². The highest BCUT2D eigenvalue weighted by molar-refractivity contribution is 5.87. The third kappa shape index (κ3) is 5.41. The molecule has 1 heterocycles. The summed E-state index contributed by atoms with van der Waals surface area (Å²) in [6.07, 6.45) is 2.44. The average molecular weight is 269 g/mol. The summed E-state index contributed by atoms with van der Waals surface area (Å²) >= 11 is 0. The average Bonchev–Trinajstić information content (AvgIpc) is 2.85. The van der Waals surface area contributed by atoms with Gasteiger partial charge in [-0.15, -0.1) is 0 Å². The van der Waals surface area contributed by atoms with Crippen molar-refractivity contribution in [3.8, 4) is 0 Å². The van der Waals surface area contributed by atoms with Gasteiger partial charge in [0.25, 0.3) is 6.01 Å². The van der Waals surface area contributed by atoms with Crippen molar-refractivity contribution in [1.29, 1.82) is 0 Å². The lowest BCUT2D eigenvalue weighted by Gasteiger charge is -2.03. The number of ether oxygens (including phenoxy) is 1. The molecule has 2 N–H and O–H groups in total. The molecule has 0 spiro atoms. The van der Waals surface area contributed by atoms with E-state index in [1.807, 2.05) is 6.92 Å². The minimum Gasteiger partial charge on any atom is -0.461 e. The molecule has 7 heteroatoms. The van der Waals surface area contributed by atoms with Crippen LogP contribution in [0.25, 0.3) is 0 Å². The molecule has 19 heavy (non-hydrogen) atoms. The number of anilines is 1. The van der Waals surface area contributed by atoms with Gasteiger partial charge in [-0.2, -0.15) is 4.98 Å². The first-order valence-electron chi connectivity index (χ1n) is 6.30. The minimum atomic E-state index is -0.528. The van der Waals surface area contributed by atoms with Crippen LogP contribution in [0.5, 0.6) is 0 Å². The van der Waals surface area contributed by atoms with E-state index in [1.54, 1.807) is 6.92 Å². The first-order chi connectivity index (χ1) is 9.17. The summed E-state index contributed by atoms with van der Waals surface area (Å²) in [6, 6.07) is 0.200.